The van der Waals surface area contributed by atoms with E-state index in [0.29, 0.717) is 12.1 Å². The first kappa shape index (κ1) is 13.8. The van der Waals surface area contributed by atoms with Gasteiger partial charge in [-0.2, -0.15) is 4.98 Å². The van der Waals surface area contributed by atoms with E-state index in [1.807, 2.05) is 18.2 Å². The molecule has 0 bridgehead atoms. The highest BCUT2D eigenvalue weighted by atomic mass is 16.5. The van der Waals surface area contributed by atoms with Crippen molar-refractivity contribution in [2.45, 2.75) is 25.9 Å². The number of nitrogens with zero attached hydrogens (tertiary/aromatic N) is 2. The third-order valence-corrected chi connectivity index (χ3v) is 3.46. The summed E-state index contributed by atoms with van der Waals surface area (Å²) in [5.74, 6) is 1.41. The van der Waals surface area contributed by atoms with Crippen LogP contribution in [0.4, 0.5) is 17.5 Å². The molecule has 2 aromatic rings. The zero-order chi connectivity index (χ0) is 14.5. The summed E-state index contributed by atoms with van der Waals surface area (Å²) >= 11 is 0. The lowest BCUT2D eigenvalue weighted by Crippen LogP contribution is -2.19. The maximum absolute atomic E-state index is 5.59. The van der Waals surface area contributed by atoms with Crippen LogP contribution >= 0.6 is 0 Å². The minimum Gasteiger partial charge on any atom is -0.376 e. The fraction of sp³-hybridized carbons (Fsp3) is 0.375. The van der Waals surface area contributed by atoms with Gasteiger partial charge < -0.3 is 15.4 Å². The summed E-state index contributed by atoms with van der Waals surface area (Å²) in [6.45, 7) is 3.72. The highest BCUT2D eigenvalue weighted by Crippen LogP contribution is 2.16. The van der Waals surface area contributed by atoms with Gasteiger partial charge in [0.1, 0.15) is 5.82 Å². The van der Waals surface area contributed by atoms with Crippen molar-refractivity contribution in [1.29, 1.82) is 0 Å². The molecule has 21 heavy (non-hydrogen) atoms. The summed E-state index contributed by atoms with van der Waals surface area (Å²) in [5.41, 5.74) is 2.19. The van der Waals surface area contributed by atoms with Gasteiger partial charge in [-0.15, -0.1) is 0 Å². The number of ether oxygens (including phenoxy) is 1. The Morgan fingerprint density at radius 2 is 2.29 bits per heavy atom. The third-order valence-electron chi connectivity index (χ3n) is 3.46. The third kappa shape index (κ3) is 3.92. The van der Waals surface area contributed by atoms with Gasteiger partial charge in [-0.1, -0.05) is 12.1 Å². The lowest BCUT2D eigenvalue weighted by atomic mass is 10.2. The fourth-order valence-corrected chi connectivity index (χ4v) is 2.39. The van der Waals surface area contributed by atoms with E-state index < -0.39 is 0 Å². The highest BCUT2D eigenvalue weighted by Gasteiger charge is 2.15. The molecule has 0 amide bonds. The fourth-order valence-electron chi connectivity index (χ4n) is 2.39. The molecule has 0 aliphatic carbocycles. The molecule has 0 radical (unpaired) electrons. The minimum atomic E-state index is 0.299. The number of anilines is 3. The molecular weight excluding hydrogens is 264 g/mol. The molecule has 5 heteroatoms. The van der Waals surface area contributed by atoms with E-state index in [1.165, 1.54) is 5.56 Å². The normalized spacial score (nSPS) is 17.7. The number of aromatic nitrogens is 2. The van der Waals surface area contributed by atoms with Crippen molar-refractivity contribution in [1.82, 2.24) is 9.97 Å². The zero-order valence-corrected chi connectivity index (χ0v) is 12.2. The topological polar surface area (TPSA) is 59.1 Å². The Hall–Kier alpha value is -2.14. The Labute approximate surface area is 124 Å². The second-order valence-electron chi connectivity index (χ2n) is 5.28. The minimum absolute atomic E-state index is 0.299. The van der Waals surface area contributed by atoms with Gasteiger partial charge in [0.05, 0.1) is 6.10 Å². The van der Waals surface area contributed by atoms with Crippen LogP contribution in [-0.4, -0.2) is 29.2 Å². The first-order valence-corrected chi connectivity index (χ1v) is 7.32. The summed E-state index contributed by atoms with van der Waals surface area (Å²) in [5, 5.41) is 6.53. The van der Waals surface area contributed by atoms with Crippen molar-refractivity contribution in [3.05, 3.63) is 42.1 Å². The van der Waals surface area contributed by atoms with E-state index in [-0.39, 0.29) is 0 Å². The maximum Gasteiger partial charge on any atom is 0.229 e. The van der Waals surface area contributed by atoms with E-state index in [9.17, 15) is 0 Å². The molecule has 2 N–H and O–H groups in total. The molecule has 3 rings (SSSR count). The first-order valence-electron chi connectivity index (χ1n) is 7.32. The summed E-state index contributed by atoms with van der Waals surface area (Å²) in [4.78, 5) is 8.72. The van der Waals surface area contributed by atoms with Crippen molar-refractivity contribution in [2.75, 3.05) is 23.8 Å². The molecule has 1 aliphatic rings. The SMILES string of the molecule is Cc1cccc(Nc2nccc(NCC3CCCO3)n2)c1. The van der Waals surface area contributed by atoms with Gasteiger partial charge in [0.2, 0.25) is 5.95 Å². The summed E-state index contributed by atoms with van der Waals surface area (Å²) < 4.78 is 5.59. The van der Waals surface area contributed by atoms with Crippen molar-refractivity contribution in [3.63, 3.8) is 0 Å². The van der Waals surface area contributed by atoms with Gasteiger partial charge in [-0.05, 0) is 43.5 Å². The Kier molecular flexibility index (Phi) is 4.31. The van der Waals surface area contributed by atoms with E-state index >= 15 is 0 Å². The van der Waals surface area contributed by atoms with Gasteiger partial charge >= 0.3 is 0 Å². The van der Waals surface area contributed by atoms with Crippen LogP contribution in [0.5, 0.6) is 0 Å². The molecule has 1 unspecified atom stereocenters. The van der Waals surface area contributed by atoms with Crippen molar-refractivity contribution in [2.24, 2.45) is 0 Å². The van der Waals surface area contributed by atoms with Crippen LogP contribution in [0.3, 0.4) is 0 Å². The van der Waals surface area contributed by atoms with Crippen LogP contribution in [0.15, 0.2) is 36.5 Å². The number of nitrogens with one attached hydrogen (secondary N) is 2. The van der Waals surface area contributed by atoms with Gasteiger partial charge in [-0.3, -0.25) is 0 Å². The number of rotatable bonds is 5. The molecule has 1 atom stereocenters. The molecule has 1 aliphatic heterocycles. The Morgan fingerprint density at radius 1 is 1.33 bits per heavy atom. The summed E-state index contributed by atoms with van der Waals surface area (Å²) in [6.07, 6.45) is 4.32. The lowest BCUT2D eigenvalue weighted by molar-refractivity contribution is 0.120. The van der Waals surface area contributed by atoms with Gasteiger partial charge in [0.15, 0.2) is 0 Å². The number of hydrogen-bond acceptors (Lipinski definition) is 5. The molecule has 0 spiro atoms. The van der Waals surface area contributed by atoms with Gasteiger partial charge in [0, 0.05) is 25.0 Å². The average molecular weight is 284 g/mol. The van der Waals surface area contributed by atoms with Gasteiger partial charge in [-0.25, -0.2) is 4.98 Å². The van der Waals surface area contributed by atoms with Crippen LogP contribution in [0.25, 0.3) is 0 Å². The van der Waals surface area contributed by atoms with E-state index in [1.54, 1.807) is 6.20 Å². The van der Waals surface area contributed by atoms with E-state index in [4.69, 9.17) is 4.74 Å². The summed E-state index contributed by atoms with van der Waals surface area (Å²) in [6, 6.07) is 10.0. The Bertz CT molecular complexity index is 596. The predicted octanol–water partition coefficient (Wildman–Crippen LogP) is 3.12. The standard InChI is InChI=1S/C16H20N4O/c1-12-4-2-5-13(10-12)19-16-17-8-7-15(20-16)18-11-14-6-3-9-21-14/h2,4-5,7-8,10,14H,3,6,9,11H2,1H3,(H2,17,18,19,20). The van der Waals surface area contributed by atoms with Crippen molar-refractivity contribution < 1.29 is 4.74 Å². The molecule has 110 valence electrons. The van der Waals surface area contributed by atoms with E-state index in [2.05, 4.69) is 39.7 Å². The van der Waals surface area contributed by atoms with Crippen LogP contribution in [0.1, 0.15) is 18.4 Å². The molecule has 1 aromatic carbocycles. The smallest absolute Gasteiger partial charge is 0.229 e. The molecule has 1 saturated heterocycles. The second-order valence-corrected chi connectivity index (χ2v) is 5.28. The quantitative estimate of drug-likeness (QED) is 0.883. The zero-order valence-electron chi connectivity index (χ0n) is 12.2. The summed E-state index contributed by atoms with van der Waals surface area (Å²) in [7, 11) is 0. The number of benzene rings is 1. The average Bonchev–Trinajstić information content (AvgIpc) is 2.99. The van der Waals surface area contributed by atoms with Crippen molar-refractivity contribution in [3.8, 4) is 0 Å². The van der Waals surface area contributed by atoms with E-state index in [0.717, 1.165) is 37.5 Å². The molecular formula is C16H20N4O. The van der Waals surface area contributed by atoms with Gasteiger partial charge in [0.25, 0.3) is 0 Å². The van der Waals surface area contributed by atoms with Crippen LogP contribution in [0.2, 0.25) is 0 Å². The molecule has 1 fully saturated rings. The maximum atomic E-state index is 5.59. The van der Waals surface area contributed by atoms with Crippen LogP contribution < -0.4 is 10.6 Å². The number of aryl methyl sites for hydroxylation is 1. The van der Waals surface area contributed by atoms with Crippen LogP contribution in [-0.2, 0) is 4.74 Å². The van der Waals surface area contributed by atoms with Crippen LogP contribution in [0, 0.1) is 6.92 Å². The predicted molar refractivity (Wildman–Crippen MR) is 84.0 cm³/mol. The molecule has 1 aromatic heterocycles. The largest absolute Gasteiger partial charge is 0.376 e. The molecule has 5 nitrogen and oxygen atoms in total. The number of hydrogen-bond donors (Lipinski definition) is 2. The first-order chi connectivity index (χ1) is 10.3. The lowest BCUT2D eigenvalue weighted by Gasteiger charge is -2.12. The Morgan fingerprint density at radius 3 is 3.10 bits per heavy atom. The Balaban J connectivity index is 1.62. The monoisotopic (exact) mass is 284 g/mol. The van der Waals surface area contributed by atoms with Crippen molar-refractivity contribution >= 4 is 17.5 Å². The molecule has 2 heterocycles. The molecule has 0 saturated carbocycles. The highest BCUT2D eigenvalue weighted by molar-refractivity contribution is 5.55. The second kappa shape index (κ2) is 6.54.